The second-order valence-corrected chi connectivity index (χ2v) is 13.3. The Morgan fingerprint density at radius 1 is 1.14 bits per heavy atom. The number of fused-ring (bicyclic) bond motifs is 3. The third kappa shape index (κ3) is 7.21. The van der Waals surface area contributed by atoms with Crippen LogP contribution in [0.5, 0.6) is 0 Å². The Labute approximate surface area is 229 Å². The Kier molecular flexibility index (Phi) is 13.4. The summed E-state index contributed by atoms with van der Waals surface area (Å²) >= 11 is 0. The van der Waals surface area contributed by atoms with Crippen molar-refractivity contribution in [2.24, 2.45) is 45.8 Å². The molecule has 37 heavy (non-hydrogen) atoms. The average molecular weight is 523 g/mol. The van der Waals surface area contributed by atoms with Crippen molar-refractivity contribution >= 4 is 5.97 Å². The average Bonchev–Trinajstić information content (AvgIpc) is 3.01. The van der Waals surface area contributed by atoms with Crippen LogP contribution in [0.15, 0.2) is 11.6 Å². The van der Waals surface area contributed by atoms with Crippen LogP contribution in [0.3, 0.4) is 0 Å². The van der Waals surface area contributed by atoms with E-state index < -0.39 is 11.4 Å². The van der Waals surface area contributed by atoms with Crippen LogP contribution in [0, 0.1) is 45.8 Å². The summed E-state index contributed by atoms with van der Waals surface area (Å²) in [7, 11) is 1.00. The van der Waals surface area contributed by atoms with E-state index >= 15 is 0 Å². The summed E-state index contributed by atoms with van der Waals surface area (Å²) in [6.07, 6.45) is 13.8. The monoisotopic (exact) mass is 522 g/mol. The summed E-state index contributed by atoms with van der Waals surface area (Å²) in [4.78, 5) is 12.5. The van der Waals surface area contributed by atoms with Gasteiger partial charge in [-0.3, -0.25) is 4.79 Å². The zero-order valence-corrected chi connectivity index (χ0v) is 26.1. The summed E-state index contributed by atoms with van der Waals surface area (Å²) in [6.45, 7) is 20.2. The molecule has 4 heteroatoms. The number of carboxylic acids is 1. The molecule has 218 valence electrons. The Morgan fingerprint density at radius 2 is 1.76 bits per heavy atom. The summed E-state index contributed by atoms with van der Waals surface area (Å²) in [5, 5.41) is 28.1. The maximum absolute atomic E-state index is 12.5. The van der Waals surface area contributed by atoms with Crippen molar-refractivity contribution in [2.75, 3.05) is 7.11 Å². The van der Waals surface area contributed by atoms with E-state index in [0.717, 1.165) is 58.5 Å². The van der Waals surface area contributed by atoms with Crippen LogP contribution in [0.25, 0.3) is 0 Å². The number of aliphatic hydroxyl groups excluding tert-OH is 2. The first-order valence-corrected chi connectivity index (χ1v) is 15.4. The fourth-order valence-electron chi connectivity index (χ4n) is 7.85. The normalized spacial score (nSPS) is 35.1. The van der Waals surface area contributed by atoms with Crippen LogP contribution in [0.1, 0.15) is 133 Å². The summed E-state index contributed by atoms with van der Waals surface area (Å²) in [6, 6.07) is 0. The molecule has 3 N–H and O–H groups in total. The first-order valence-electron chi connectivity index (χ1n) is 15.4. The van der Waals surface area contributed by atoms with Gasteiger partial charge in [0.2, 0.25) is 0 Å². The predicted molar refractivity (Wildman–Crippen MR) is 156 cm³/mol. The van der Waals surface area contributed by atoms with Crippen LogP contribution >= 0.6 is 0 Å². The molecular formula is C33H62O4. The summed E-state index contributed by atoms with van der Waals surface area (Å²) < 4.78 is 0. The van der Waals surface area contributed by atoms with Gasteiger partial charge in [0, 0.05) is 7.11 Å². The third-order valence-electron chi connectivity index (χ3n) is 11.1. The largest absolute Gasteiger partial charge is 0.481 e. The molecule has 0 bridgehead atoms. The van der Waals surface area contributed by atoms with Gasteiger partial charge in [-0.05, 0) is 91.8 Å². The lowest BCUT2D eigenvalue weighted by molar-refractivity contribution is -0.159. The maximum atomic E-state index is 12.5. The van der Waals surface area contributed by atoms with Crippen LogP contribution < -0.4 is 0 Å². The maximum Gasteiger partial charge on any atom is 0.310 e. The van der Waals surface area contributed by atoms with Crippen LogP contribution in [0.2, 0.25) is 0 Å². The smallest absolute Gasteiger partial charge is 0.310 e. The zero-order chi connectivity index (χ0) is 28.6. The lowest BCUT2D eigenvalue weighted by Crippen LogP contribution is -2.49. The Bertz CT molecular complexity index is 728. The molecule has 0 radical (unpaired) electrons. The van der Waals surface area contributed by atoms with Gasteiger partial charge in [-0.25, -0.2) is 0 Å². The highest BCUT2D eigenvalue weighted by Crippen LogP contribution is 2.60. The van der Waals surface area contributed by atoms with E-state index in [-0.39, 0.29) is 22.9 Å². The number of aliphatic carboxylic acids is 1. The minimum absolute atomic E-state index is 0.0623. The molecule has 0 amide bonds. The Hall–Kier alpha value is -0.870. The Balaban J connectivity index is 0.00000163. The standard InChI is InChI=1S/C30H52O3.C2H6.CH4O/c1-8-10-25(31)28(5,6)21(3)14-17-29(7)19-23-15-18-30(27(32)33)16-9-11-20(2)26(30)24(23)13-12-22(29)4;2*1-2/h13,20-23,25-26,31H,8-12,14-19H2,1-7H3,(H,32,33);1-2H3;2H,1H3. The minimum Gasteiger partial charge on any atom is -0.481 e. The fraction of sp³-hybridized carbons (Fsp3) is 0.909. The fourth-order valence-corrected chi connectivity index (χ4v) is 7.85. The topological polar surface area (TPSA) is 77.8 Å². The predicted octanol–water partition coefficient (Wildman–Crippen LogP) is 8.50. The third-order valence-corrected chi connectivity index (χ3v) is 11.1. The molecule has 0 aromatic rings. The molecule has 3 aliphatic carbocycles. The van der Waals surface area contributed by atoms with E-state index in [9.17, 15) is 15.0 Å². The quantitative estimate of drug-likeness (QED) is 0.279. The molecule has 0 aliphatic heterocycles. The van der Waals surface area contributed by atoms with E-state index in [2.05, 4.69) is 54.5 Å². The minimum atomic E-state index is -0.542. The van der Waals surface area contributed by atoms with Crippen molar-refractivity contribution < 1.29 is 20.1 Å². The lowest BCUT2D eigenvalue weighted by Gasteiger charge is -2.52. The van der Waals surface area contributed by atoms with Crippen LogP contribution in [-0.4, -0.2) is 34.5 Å². The molecular weight excluding hydrogens is 460 g/mol. The zero-order valence-electron chi connectivity index (χ0n) is 26.1. The van der Waals surface area contributed by atoms with Gasteiger partial charge >= 0.3 is 5.97 Å². The molecule has 0 aromatic carbocycles. The van der Waals surface area contributed by atoms with Gasteiger partial charge in [0.1, 0.15) is 0 Å². The summed E-state index contributed by atoms with van der Waals surface area (Å²) in [5.41, 5.74) is 1.20. The van der Waals surface area contributed by atoms with Crippen LogP contribution in [0.4, 0.5) is 0 Å². The van der Waals surface area contributed by atoms with E-state index in [1.165, 1.54) is 24.8 Å². The van der Waals surface area contributed by atoms with E-state index in [1.807, 2.05) is 13.8 Å². The number of allylic oxidation sites excluding steroid dienone is 2. The van der Waals surface area contributed by atoms with Crippen molar-refractivity contribution in [1.29, 1.82) is 0 Å². The first-order chi connectivity index (χ1) is 17.4. The highest BCUT2D eigenvalue weighted by molar-refractivity contribution is 5.76. The molecule has 3 rings (SSSR count). The number of hydrogen-bond donors (Lipinski definition) is 3. The molecule has 0 spiro atoms. The second-order valence-electron chi connectivity index (χ2n) is 13.3. The van der Waals surface area contributed by atoms with Gasteiger partial charge in [0.25, 0.3) is 0 Å². The van der Waals surface area contributed by atoms with Gasteiger partial charge < -0.3 is 15.3 Å². The number of carboxylic acid groups (broad SMARTS) is 1. The van der Waals surface area contributed by atoms with E-state index in [4.69, 9.17) is 5.11 Å². The molecule has 3 aliphatic rings. The lowest BCUT2D eigenvalue weighted by atomic mass is 9.51. The van der Waals surface area contributed by atoms with Gasteiger partial charge in [-0.15, -0.1) is 0 Å². The van der Waals surface area contributed by atoms with Crippen molar-refractivity contribution in [3.8, 4) is 0 Å². The number of carbonyl (C=O) groups is 1. The molecule has 2 saturated carbocycles. The molecule has 8 unspecified atom stereocenters. The van der Waals surface area contributed by atoms with Gasteiger partial charge in [0.05, 0.1) is 11.5 Å². The Morgan fingerprint density at radius 3 is 2.32 bits per heavy atom. The first kappa shape index (κ1) is 34.2. The number of aliphatic hydroxyl groups is 2. The second kappa shape index (κ2) is 14.5. The number of hydrogen-bond acceptors (Lipinski definition) is 3. The van der Waals surface area contributed by atoms with Gasteiger partial charge in [-0.1, -0.05) is 93.2 Å². The number of rotatable bonds is 8. The molecule has 2 fully saturated rings. The van der Waals surface area contributed by atoms with E-state index in [1.54, 1.807) is 0 Å². The molecule has 0 heterocycles. The van der Waals surface area contributed by atoms with Gasteiger partial charge in [0.15, 0.2) is 0 Å². The van der Waals surface area contributed by atoms with Crippen molar-refractivity contribution in [3.05, 3.63) is 11.6 Å². The highest BCUT2D eigenvalue weighted by atomic mass is 16.4. The van der Waals surface area contributed by atoms with Crippen molar-refractivity contribution in [2.45, 2.75) is 139 Å². The van der Waals surface area contributed by atoms with Gasteiger partial charge in [-0.2, -0.15) is 0 Å². The molecule has 0 aromatic heterocycles. The van der Waals surface area contributed by atoms with Crippen molar-refractivity contribution in [1.82, 2.24) is 0 Å². The molecule has 0 saturated heterocycles. The SMILES string of the molecule is CC.CCCC(O)C(C)(C)C(C)CCC1(C)CC2CCC3(C(=O)O)CCCC(C)C3C2=CCC1C.CO. The highest BCUT2D eigenvalue weighted by Gasteiger charge is 2.56. The van der Waals surface area contributed by atoms with E-state index in [0.29, 0.717) is 23.7 Å². The van der Waals surface area contributed by atoms with Crippen LogP contribution in [-0.2, 0) is 4.79 Å². The molecule has 8 atom stereocenters. The van der Waals surface area contributed by atoms with Crippen molar-refractivity contribution in [3.63, 3.8) is 0 Å². The molecule has 4 nitrogen and oxygen atoms in total. The summed E-state index contributed by atoms with van der Waals surface area (Å²) in [5.74, 6) is 1.79.